The number of rotatable bonds is 4. The van der Waals surface area contributed by atoms with Crippen LogP contribution in [0.3, 0.4) is 0 Å². The van der Waals surface area contributed by atoms with Gasteiger partial charge in [-0.3, -0.25) is 0 Å². The lowest BCUT2D eigenvalue weighted by Crippen LogP contribution is -1.97. The van der Waals surface area contributed by atoms with E-state index in [1.54, 1.807) is 0 Å². The maximum atomic E-state index is 2.44. The SMILES string of the molecule is C1=C(c2ccccc2)C(c2ccc3c(-c4ccccc4)c4ccccc4c(-c4ccccc4)c3c2)=CCC1. The van der Waals surface area contributed by atoms with Gasteiger partial charge in [0.05, 0.1) is 0 Å². The molecule has 0 spiro atoms. The maximum Gasteiger partial charge on any atom is -0.00262 e. The number of fused-ring (bicyclic) bond motifs is 2. The summed E-state index contributed by atoms with van der Waals surface area (Å²) < 4.78 is 0. The molecule has 0 N–H and O–H groups in total. The van der Waals surface area contributed by atoms with E-state index >= 15 is 0 Å². The van der Waals surface area contributed by atoms with Gasteiger partial charge in [0, 0.05) is 0 Å². The van der Waals surface area contributed by atoms with Crippen molar-refractivity contribution in [1.82, 2.24) is 0 Å². The molecule has 0 bridgehead atoms. The van der Waals surface area contributed by atoms with Gasteiger partial charge < -0.3 is 0 Å². The maximum absolute atomic E-state index is 2.44. The monoisotopic (exact) mass is 484 g/mol. The minimum Gasteiger partial charge on any atom is -0.0757 e. The van der Waals surface area contributed by atoms with Crippen LogP contribution < -0.4 is 0 Å². The summed E-state index contributed by atoms with van der Waals surface area (Å²) in [6.45, 7) is 0. The fourth-order valence-corrected chi connectivity index (χ4v) is 6.02. The largest absolute Gasteiger partial charge is 0.0757 e. The standard InChI is InChI=1S/C38H28/c1-4-14-27(15-5-1)31-20-10-11-21-32(31)30-24-25-35-36(26-30)38(29-18-8-3-9-19-29)34-23-13-12-22-33(34)37(35)28-16-6-2-7-17-28/h1-9,12-26H,10-11H2. The molecule has 0 heterocycles. The van der Waals surface area contributed by atoms with E-state index in [9.17, 15) is 0 Å². The van der Waals surface area contributed by atoms with E-state index in [0.29, 0.717) is 0 Å². The van der Waals surface area contributed by atoms with E-state index in [1.807, 2.05) is 0 Å². The molecular formula is C38H28. The van der Waals surface area contributed by atoms with Crippen molar-refractivity contribution < 1.29 is 0 Å². The number of hydrogen-bond acceptors (Lipinski definition) is 0. The lowest BCUT2D eigenvalue weighted by atomic mass is 9.83. The highest BCUT2D eigenvalue weighted by molar-refractivity contribution is 6.22. The lowest BCUT2D eigenvalue weighted by molar-refractivity contribution is 1.04. The summed E-state index contributed by atoms with van der Waals surface area (Å²) in [4.78, 5) is 0. The van der Waals surface area contributed by atoms with Crippen LogP contribution in [0.5, 0.6) is 0 Å². The number of hydrogen-bond donors (Lipinski definition) is 0. The Kier molecular flexibility index (Phi) is 5.72. The first-order valence-corrected chi connectivity index (χ1v) is 13.4. The molecule has 6 aromatic carbocycles. The summed E-state index contributed by atoms with van der Waals surface area (Å²) in [7, 11) is 0. The van der Waals surface area contributed by atoms with Gasteiger partial charge in [0.25, 0.3) is 0 Å². The predicted octanol–water partition coefficient (Wildman–Crippen LogP) is 10.6. The quantitative estimate of drug-likeness (QED) is 0.218. The van der Waals surface area contributed by atoms with Crippen molar-refractivity contribution in [3.63, 3.8) is 0 Å². The Bertz CT molecular complexity index is 1820. The Morgan fingerprint density at radius 3 is 1.29 bits per heavy atom. The van der Waals surface area contributed by atoms with Crippen LogP contribution >= 0.6 is 0 Å². The zero-order valence-electron chi connectivity index (χ0n) is 21.3. The van der Waals surface area contributed by atoms with E-state index in [0.717, 1.165) is 12.8 Å². The summed E-state index contributed by atoms with van der Waals surface area (Å²) in [5.74, 6) is 0. The Morgan fingerprint density at radius 1 is 0.316 bits per heavy atom. The van der Waals surface area contributed by atoms with Gasteiger partial charge in [-0.2, -0.15) is 0 Å². The van der Waals surface area contributed by atoms with Gasteiger partial charge in [-0.1, -0.05) is 140 Å². The highest BCUT2D eigenvalue weighted by Crippen LogP contribution is 2.45. The Balaban J connectivity index is 1.56. The molecule has 6 aromatic rings. The third kappa shape index (κ3) is 3.86. The first kappa shape index (κ1) is 22.5. The van der Waals surface area contributed by atoms with Gasteiger partial charge in [0.2, 0.25) is 0 Å². The molecule has 180 valence electrons. The highest BCUT2D eigenvalue weighted by atomic mass is 14.2. The average molecular weight is 485 g/mol. The number of benzene rings is 6. The zero-order chi connectivity index (χ0) is 25.3. The molecule has 38 heavy (non-hydrogen) atoms. The van der Waals surface area contributed by atoms with Crippen molar-refractivity contribution in [2.24, 2.45) is 0 Å². The van der Waals surface area contributed by atoms with Gasteiger partial charge in [0.15, 0.2) is 0 Å². The first-order chi connectivity index (χ1) is 18.9. The van der Waals surface area contributed by atoms with Crippen LogP contribution in [0.25, 0.3) is 54.9 Å². The zero-order valence-corrected chi connectivity index (χ0v) is 21.3. The van der Waals surface area contributed by atoms with E-state index in [4.69, 9.17) is 0 Å². The van der Waals surface area contributed by atoms with Crippen LogP contribution in [0.2, 0.25) is 0 Å². The summed E-state index contributed by atoms with van der Waals surface area (Å²) in [6.07, 6.45) is 6.98. The normalized spacial score (nSPS) is 13.4. The van der Waals surface area contributed by atoms with E-state index < -0.39 is 0 Å². The fourth-order valence-electron chi connectivity index (χ4n) is 6.02. The molecule has 0 atom stereocenters. The molecule has 0 heteroatoms. The summed E-state index contributed by atoms with van der Waals surface area (Å²) in [5.41, 5.74) is 10.3. The Labute approximate surface area is 224 Å². The second-order valence-corrected chi connectivity index (χ2v) is 9.97. The van der Waals surface area contributed by atoms with Gasteiger partial charge >= 0.3 is 0 Å². The van der Waals surface area contributed by atoms with Crippen molar-refractivity contribution in [2.45, 2.75) is 12.8 Å². The lowest BCUT2D eigenvalue weighted by Gasteiger charge is -2.21. The molecule has 0 radical (unpaired) electrons. The van der Waals surface area contributed by atoms with Gasteiger partial charge in [-0.05, 0) is 85.0 Å². The smallest absolute Gasteiger partial charge is 0.00262 e. The second kappa shape index (κ2) is 9.65. The van der Waals surface area contributed by atoms with E-state index in [-0.39, 0.29) is 0 Å². The molecule has 0 saturated carbocycles. The van der Waals surface area contributed by atoms with Crippen molar-refractivity contribution in [3.8, 4) is 22.3 Å². The molecule has 0 saturated heterocycles. The minimum absolute atomic E-state index is 1.07. The first-order valence-electron chi connectivity index (χ1n) is 13.4. The molecule has 0 fully saturated rings. The molecule has 1 aliphatic rings. The van der Waals surface area contributed by atoms with Crippen molar-refractivity contribution >= 4 is 32.7 Å². The van der Waals surface area contributed by atoms with Crippen molar-refractivity contribution in [1.29, 1.82) is 0 Å². The fraction of sp³-hybridized carbons (Fsp3) is 0.0526. The van der Waals surface area contributed by atoms with Gasteiger partial charge in [-0.25, -0.2) is 0 Å². The third-order valence-electron chi connectivity index (χ3n) is 7.70. The van der Waals surface area contributed by atoms with Crippen LogP contribution in [-0.2, 0) is 0 Å². The van der Waals surface area contributed by atoms with Gasteiger partial charge in [0.1, 0.15) is 0 Å². The number of allylic oxidation sites excluding steroid dienone is 4. The molecule has 1 aliphatic carbocycles. The van der Waals surface area contributed by atoms with E-state index in [2.05, 4.69) is 146 Å². The van der Waals surface area contributed by atoms with Crippen molar-refractivity contribution in [2.75, 3.05) is 0 Å². The minimum atomic E-state index is 1.07. The van der Waals surface area contributed by atoms with Crippen LogP contribution in [0.15, 0.2) is 146 Å². The summed E-state index contributed by atoms with van der Waals surface area (Å²) >= 11 is 0. The molecule has 7 rings (SSSR count). The molecular weight excluding hydrogens is 456 g/mol. The predicted molar refractivity (Wildman–Crippen MR) is 164 cm³/mol. The van der Waals surface area contributed by atoms with Crippen molar-refractivity contribution in [3.05, 3.63) is 157 Å². The van der Waals surface area contributed by atoms with E-state index in [1.165, 1.54) is 66.1 Å². The molecule has 0 aromatic heterocycles. The topological polar surface area (TPSA) is 0 Å². The van der Waals surface area contributed by atoms with Crippen LogP contribution in [0.1, 0.15) is 24.0 Å². The average Bonchev–Trinajstić information content (AvgIpc) is 3.01. The molecule has 0 unspecified atom stereocenters. The molecule has 0 aliphatic heterocycles. The highest BCUT2D eigenvalue weighted by Gasteiger charge is 2.19. The van der Waals surface area contributed by atoms with Crippen LogP contribution in [0, 0.1) is 0 Å². The third-order valence-corrected chi connectivity index (χ3v) is 7.70. The molecule has 0 amide bonds. The molecule has 0 nitrogen and oxygen atoms in total. The van der Waals surface area contributed by atoms with Gasteiger partial charge in [-0.15, -0.1) is 0 Å². The summed E-state index contributed by atoms with van der Waals surface area (Å²) in [5, 5.41) is 5.17. The Hall–Kier alpha value is -4.68. The van der Waals surface area contributed by atoms with Crippen LogP contribution in [0.4, 0.5) is 0 Å². The van der Waals surface area contributed by atoms with Crippen LogP contribution in [-0.4, -0.2) is 0 Å². The summed E-state index contributed by atoms with van der Waals surface area (Å²) in [6, 6.07) is 48.5. The Morgan fingerprint density at radius 2 is 0.737 bits per heavy atom. The second-order valence-electron chi connectivity index (χ2n) is 9.97.